The largest absolute Gasteiger partial charge is 0.357 e. The molecule has 11 nitrogen and oxygen atoms in total. The van der Waals surface area contributed by atoms with Crippen molar-refractivity contribution < 1.29 is 4.79 Å². The van der Waals surface area contributed by atoms with E-state index < -0.39 is 0 Å². The van der Waals surface area contributed by atoms with Crippen LogP contribution in [0.4, 0.5) is 5.69 Å². The van der Waals surface area contributed by atoms with Gasteiger partial charge in [-0.15, -0.1) is 0 Å². The van der Waals surface area contributed by atoms with Gasteiger partial charge in [0.2, 0.25) is 5.91 Å². The molecule has 1 amide bonds. The monoisotopic (exact) mass is 429 g/mol. The van der Waals surface area contributed by atoms with Gasteiger partial charge in [0.05, 0.1) is 11.9 Å². The lowest BCUT2D eigenvalue weighted by atomic mass is 10.2. The fourth-order valence-corrected chi connectivity index (χ4v) is 4.10. The van der Waals surface area contributed by atoms with Crippen molar-refractivity contribution in [2.45, 2.75) is 45.7 Å². The van der Waals surface area contributed by atoms with Crippen LogP contribution in [0.25, 0.3) is 0 Å². The molecule has 0 bridgehead atoms. The molecule has 4 rings (SSSR count). The van der Waals surface area contributed by atoms with Crippen molar-refractivity contribution in [3.63, 3.8) is 0 Å². The van der Waals surface area contributed by atoms with Gasteiger partial charge in [-0.1, -0.05) is 0 Å². The van der Waals surface area contributed by atoms with Crippen LogP contribution < -0.4 is 15.9 Å². The van der Waals surface area contributed by atoms with Gasteiger partial charge in [-0.3, -0.25) is 19.0 Å². The lowest BCUT2D eigenvalue weighted by molar-refractivity contribution is -0.120. The van der Waals surface area contributed by atoms with Crippen LogP contribution in [-0.2, 0) is 31.4 Å². The first kappa shape index (κ1) is 21.1. The molecule has 168 valence electrons. The summed E-state index contributed by atoms with van der Waals surface area (Å²) in [5, 5.41) is 11.9. The minimum absolute atomic E-state index is 0.0114. The Balaban J connectivity index is 1.34. The molecule has 1 fully saturated rings. The molecule has 0 atom stereocenters. The van der Waals surface area contributed by atoms with E-state index in [1.54, 1.807) is 25.0 Å². The van der Waals surface area contributed by atoms with E-state index in [-0.39, 0.29) is 18.1 Å². The molecule has 2 aromatic rings. The van der Waals surface area contributed by atoms with Crippen LogP contribution >= 0.6 is 0 Å². The molecule has 0 radical (unpaired) electrons. The summed E-state index contributed by atoms with van der Waals surface area (Å²) < 4.78 is 5.06. The van der Waals surface area contributed by atoms with Crippen LogP contribution in [0.1, 0.15) is 32.0 Å². The molecule has 2 aromatic heterocycles. The number of carbonyl (C=O) groups excluding carboxylic acids is 1. The third-order valence-corrected chi connectivity index (χ3v) is 5.68. The van der Waals surface area contributed by atoms with E-state index >= 15 is 0 Å². The number of amides is 1. The molecule has 2 aliphatic rings. The second kappa shape index (κ2) is 9.36. The zero-order valence-corrected chi connectivity index (χ0v) is 18.3. The van der Waals surface area contributed by atoms with Gasteiger partial charge in [0.1, 0.15) is 12.4 Å². The summed E-state index contributed by atoms with van der Waals surface area (Å²) in [6.07, 6.45) is 7.30. The molecule has 0 aliphatic carbocycles. The highest BCUT2D eigenvalue weighted by Crippen LogP contribution is 2.16. The normalized spacial score (nSPS) is 17.2. The Morgan fingerprint density at radius 2 is 2.10 bits per heavy atom. The predicted octanol–water partition coefficient (Wildman–Crippen LogP) is -0.181. The number of nitrogens with zero attached hydrogens (tertiary/aromatic N) is 8. The number of anilines is 1. The average Bonchev–Trinajstić information content (AvgIpc) is 3.33. The first-order valence-electron chi connectivity index (χ1n) is 11.1. The number of aliphatic imine (C=N–C) groups is 1. The molecule has 31 heavy (non-hydrogen) atoms. The number of aryl methyl sites for hydroxylation is 3. The highest BCUT2D eigenvalue weighted by atomic mass is 16.2. The fourth-order valence-electron chi connectivity index (χ4n) is 4.10. The molecule has 0 spiro atoms. The molecule has 2 aliphatic heterocycles. The summed E-state index contributed by atoms with van der Waals surface area (Å²) in [5.74, 6) is 1.66. The van der Waals surface area contributed by atoms with Crippen molar-refractivity contribution in [1.29, 1.82) is 0 Å². The summed E-state index contributed by atoms with van der Waals surface area (Å²) in [6, 6.07) is 0. The smallest absolute Gasteiger partial charge is 0.345 e. The Bertz CT molecular complexity index is 1000. The van der Waals surface area contributed by atoms with Crippen LogP contribution in [0.15, 0.2) is 22.2 Å². The van der Waals surface area contributed by atoms with Crippen LogP contribution in [0.3, 0.4) is 0 Å². The quantitative estimate of drug-likeness (QED) is 0.388. The van der Waals surface area contributed by atoms with Crippen LogP contribution in [-0.4, -0.2) is 73.6 Å². The molecule has 0 unspecified atom stereocenters. The summed E-state index contributed by atoms with van der Waals surface area (Å²) in [4.78, 5) is 33.6. The third kappa shape index (κ3) is 4.64. The van der Waals surface area contributed by atoms with Gasteiger partial charge in [-0.05, 0) is 26.2 Å². The van der Waals surface area contributed by atoms with Crippen LogP contribution in [0, 0.1) is 0 Å². The Morgan fingerprint density at radius 3 is 2.81 bits per heavy atom. The minimum Gasteiger partial charge on any atom is -0.357 e. The SMILES string of the molecule is CCNC(=NCCCn1nc2n(c1=O)CCCC2)N1CCN(c2cnn(C)c2)C(=O)C1. The van der Waals surface area contributed by atoms with Crippen molar-refractivity contribution in [3.05, 3.63) is 28.7 Å². The number of nitrogens with one attached hydrogen (secondary N) is 1. The first-order valence-corrected chi connectivity index (χ1v) is 11.1. The molecule has 4 heterocycles. The van der Waals surface area contributed by atoms with E-state index in [9.17, 15) is 9.59 Å². The number of piperazine rings is 1. The van der Waals surface area contributed by atoms with Crippen LogP contribution in [0.2, 0.25) is 0 Å². The maximum atomic E-state index is 12.7. The lowest BCUT2D eigenvalue weighted by Gasteiger charge is -2.35. The zero-order chi connectivity index (χ0) is 21.8. The van der Waals surface area contributed by atoms with Crippen molar-refractivity contribution in [2.24, 2.45) is 12.0 Å². The maximum Gasteiger partial charge on any atom is 0.345 e. The van der Waals surface area contributed by atoms with Gasteiger partial charge < -0.3 is 15.1 Å². The molecule has 1 saturated heterocycles. The molecular weight excluding hydrogens is 398 g/mol. The highest BCUT2D eigenvalue weighted by molar-refractivity contribution is 5.98. The lowest BCUT2D eigenvalue weighted by Crippen LogP contribution is -2.55. The van der Waals surface area contributed by atoms with Crippen molar-refractivity contribution >= 4 is 17.6 Å². The van der Waals surface area contributed by atoms with Crippen molar-refractivity contribution in [1.82, 2.24) is 34.3 Å². The third-order valence-electron chi connectivity index (χ3n) is 5.68. The number of hydrogen-bond acceptors (Lipinski definition) is 5. The van der Waals surface area contributed by atoms with Gasteiger partial charge in [-0.2, -0.15) is 10.2 Å². The van der Waals surface area contributed by atoms with Crippen molar-refractivity contribution in [2.75, 3.05) is 37.6 Å². The molecule has 0 aromatic carbocycles. The maximum absolute atomic E-state index is 12.7. The second-order valence-electron chi connectivity index (χ2n) is 7.96. The minimum atomic E-state index is -0.0114. The second-order valence-corrected chi connectivity index (χ2v) is 7.96. The number of fused-ring (bicyclic) bond motifs is 1. The van der Waals surface area contributed by atoms with E-state index in [4.69, 9.17) is 4.99 Å². The molecule has 0 saturated carbocycles. The zero-order valence-electron chi connectivity index (χ0n) is 18.3. The fraction of sp³-hybridized carbons (Fsp3) is 0.650. The number of carbonyl (C=O) groups is 1. The molecule has 11 heteroatoms. The summed E-state index contributed by atoms with van der Waals surface area (Å²) in [5.41, 5.74) is 0.810. The topological polar surface area (TPSA) is 106 Å². The van der Waals surface area contributed by atoms with E-state index in [0.29, 0.717) is 26.2 Å². The van der Waals surface area contributed by atoms with E-state index in [1.165, 1.54) is 0 Å². The van der Waals surface area contributed by atoms with Gasteiger partial charge in [0.25, 0.3) is 0 Å². The summed E-state index contributed by atoms with van der Waals surface area (Å²) in [7, 11) is 1.84. The average molecular weight is 430 g/mol. The standard InChI is InChI=1S/C20H31N9O2/c1-3-21-19(26-11-12-27(18(30)15-26)16-13-23-25(2)14-16)22-8-6-10-29-20(31)28-9-5-4-7-17(28)24-29/h13-14H,3-12,15H2,1-2H3,(H,21,22). The number of aromatic nitrogens is 5. The number of hydrogen-bond donors (Lipinski definition) is 1. The van der Waals surface area contributed by atoms with E-state index in [0.717, 1.165) is 56.2 Å². The van der Waals surface area contributed by atoms with E-state index in [2.05, 4.69) is 15.5 Å². The number of guanidine groups is 1. The van der Waals surface area contributed by atoms with E-state index in [1.807, 2.05) is 25.1 Å². The first-order chi connectivity index (χ1) is 15.1. The molecular formula is C20H31N9O2. The summed E-state index contributed by atoms with van der Waals surface area (Å²) >= 11 is 0. The Kier molecular flexibility index (Phi) is 6.38. The van der Waals surface area contributed by atoms with Gasteiger partial charge in [0.15, 0.2) is 5.96 Å². The Hall–Kier alpha value is -3.11. The van der Waals surface area contributed by atoms with Crippen LogP contribution in [0.5, 0.6) is 0 Å². The van der Waals surface area contributed by atoms with Gasteiger partial charge in [0, 0.05) is 58.9 Å². The van der Waals surface area contributed by atoms with Gasteiger partial charge in [-0.25, -0.2) is 9.48 Å². The highest BCUT2D eigenvalue weighted by Gasteiger charge is 2.27. The Labute approximate surface area is 181 Å². The predicted molar refractivity (Wildman–Crippen MR) is 117 cm³/mol. The van der Waals surface area contributed by atoms with Crippen molar-refractivity contribution in [3.8, 4) is 0 Å². The number of rotatable bonds is 6. The molecule has 1 N–H and O–H groups in total. The van der Waals surface area contributed by atoms with Gasteiger partial charge >= 0.3 is 5.69 Å². The summed E-state index contributed by atoms with van der Waals surface area (Å²) in [6.45, 7) is 6.18. The Morgan fingerprint density at radius 1 is 1.23 bits per heavy atom.